The second-order valence-corrected chi connectivity index (χ2v) is 14.0. The molecule has 1 amide bonds. The molecule has 1 saturated heterocycles. The van der Waals surface area contributed by atoms with Gasteiger partial charge < -0.3 is 10.7 Å². The average molecular weight is 561 g/mol. The predicted molar refractivity (Wildman–Crippen MR) is 151 cm³/mol. The first-order valence-corrected chi connectivity index (χ1v) is 16.3. The molecule has 11 heteroatoms. The summed E-state index contributed by atoms with van der Waals surface area (Å²) in [4.78, 5) is 15.6. The minimum atomic E-state index is -3.31. The van der Waals surface area contributed by atoms with E-state index in [0.29, 0.717) is 43.4 Å². The van der Waals surface area contributed by atoms with E-state index in [1.165, 1.54) is 0 Å². The highest BCUT2D eigenvalue weighted by Gasteiger charge is 2.29. The van der Waals surface area contributed by atoms with Crippen LogP contribution in [0.1, 0.15) is 66.9 Å². The Morgan fingerprint density at radius 3 is 2.34 bits per heavy atom. The molecule has 2 aromatic carbocycles. The van der Waals surface area contributed by atoms with Gasteiger partial charge in [0.2, 0.25) is 20.0 Å². The van der Waals surface area contributed by atoms with Gasteiger partial charge in [-0.2, -0.15) is 0 Å². The Labute approximate surface area is 224 Å². The molecule has 1 aliphatic heterocycles. The van der Waals surface area contributed by atoms with E-state index in [2.05, 4.69) is 9.71 Å². The maximum atomic E-state index is 12.3. The first kappa shape index (κ1) is 28.3. The zero-order chi connectivity index (χ0) is 27.5. The Kier molecular flexibility index (Phi) is 8.61. The summed E-state index contributed by atoms with van der Waals surface area (Å²) in [5.41, 5.74) is 10.4. The van der Waals surface area contributed by atoms with Gasteiger partial charge >= 0.3 is 0 Å². The van der Waals surface area contributed by atoms with E-state index in [4.69, 9.17) is 5.73 Å². The van der Waals surface area contributed by atoms with Crippen molar-refractivity contribution in [2.75, 3.05) is 24.6 Å². The summed E-state index contributed by atoms with van der Waals surface area (Å²) in [6, 6.07) is 11.3. The number of aromatic nitrogens is 1. The molecular formula is C27H36N4O5S2. The number of nitrogens with two attached hydrogens (primary N) is 1. The number of hydrogen-bond donors (Lipinski definition) is 3. The monoisotopic (exact) mass is 560 g/mol. The molecule has 2 heterocycles. The van der Waals surface area contributed by atoms with Gasteiger partial charge in [0.05, 0.1) is 22.6 Å². The number of benzene rings is 2. The molecule has 0 spiro atoms. The number of sulfonamides is 2. The van der Waals surface area contributed by atoms with E-state index < -0.39 is 26.0 Å². The Morgan fingerprint density at radius 1 is 1.05 bits per heavy atom. The number of carbonyl (C=O) groups is 1. The van der Waals surface area contributed by atoms with Crippen LogP contribution in [0.2, 0.25) is 0 Å². The number of amides is 1. The third-order valence-corrected chi connectivity index (χ3v) is 10.6. The highest BCUT2D eigenvalue weighted by Crippen LogP contribution is 2.37. The number of aromatic amines is 1. The van der Waals surface area contributed by atoms with E-state index in [9.17, 15) is 21.6 Å². The molecule has 4 rings (SSSR count). The molecule has 0 unspecified atom stereocenters. The number of rotatable bonds is 11. The summed E-state index contributed by atoms with van der Waals surface area (Å²) in [6.07, 6.45) is 4.74. The van der Waals surface area contributed by atoms with Crippen molar-refractivity contribution >= 4 is 36.9 Å². The summed E-state index contributed by atoms with van der Waals surface area (Å²) in [7, 11) is -6.52. The van der Waals surface area contributed by atoms with Crippen molar-refractivity contribution in [1.29, 1.82) is 0 Å². The van der Waals surface area contributed by atoms with E-state index in [0.717, 1.165) is 34.1 Å². The molecule has 1 aliphatic rings. The van der Waals surface area contributed by atoms with Gasteiger partial charge in [-0.25, -0.2) is 25.9 Å². The van der Waals surface area contributed by atoms with Crippen molar-refractivity contribution in [2.45, 2.75) is 52.0 Å². The lowest BCUT2D eigenvalue weighted by Crippen LogP contribution is -2.38. The third kappa shape index (κ3) is 6.28. The van der Waals surface area contributed by atoms with Crippen molar-refractivity contribution in [2.24, 2.45) is 5.73 Å². The Bertz CT molecular complexity index is 1500. The number of nitrogens with one attached hydrogen (secondary N) is 2. The maximum absolute atomic E-state index is 12.3. The zero-order valence-electron chi connectivity index (χ0n) is 21.9. The highest BCUT2D eigenvalue weighted by atomic mass is 32.2. The molecule has 1 aromatic heterocycles. The lowest BCUT2D eigenvalue weighted by atomic mass is 9.88. The smallest absolute Gasteiger partial charge is 0.250 e. The second kappa shape index (κ2) is 11.6. The maximum Gasteiger partial charge on any atom is 0.250 e. The van der Waals surface area contributed by atoms with Crippen molar-refractivity contribution in [1.82, 2.24) is 14.0 Å². The quantitative estimate of drug-likeness (QED) is 0.328. The van der Waals surface area contributed by atoms with Gasteiger partial charge in [0, 0.05) is 31.2 Å². The third-order valence-electron chi connectivity index (χ3n) is 7.29. The summed E-state index contributed by atoms with van der Waals surface area (Å²) < 4.78 is 53.0. The molecule has 9 nitrogen and oxygen atoms in total. The normalized spacial score (nSPS) is 15.7. The van der Waals surface area contributed by atoms with E-state index in [-0.39, 0.29) is 24.0 Å². The number of carbonyl (C=O) groups excluding carboxylic acids is 1. The second-order valence-electron chi connectivity index (χ2n) is 9.82. The van der Waals surface area contributed by atoms with Gasteiger partial charge in [0.25, 0.3) is 5.91 Å². The Hall–Kier alpha value is -2.73. The fourth-order valence-electron chi connectivity index (χ4n) is 4.99. The number of hydrogen-bond acceptors (Lipinski definition) is 5. The van der Waals surface area contributed by atoms with Crippen molar-refractivity contribution < 1.29 is 21.6 Å². The van der Waals surface area contributed by atoms with Crippen molar-refractivity contribution in [3.63, 3.8) is 0 Å². The molecular weight excluding hydrogens is 524 g/mol. The average Bonchev–Trinajstić information content (AvgIpc) is 3.34. The van der Waals surface area contributed by atoms with Crippen LogP contribution >= 0.6 is 0 Å². The SMILES string of the molecule is CCCCS(=O)(=O)NCc1ccc(-c2cc(C(N)=O)c3[nH]cc(C4CCN(S(=O)(=O)CC)CC4)c3c2)cc1. The highest BCUT2D eigenvalue weighted by molar-refractivity contribution is 7.89. The Balaban J connectivity index is 1.59. The number of nitrogens with zero attached hydrogens (tertiary/aromatic N) is 1. The van der Waals surface area contributed by atoms with Gasteiger partial charge in [-0.15, -0.1) is 0 Å². The number of unbranched alkanes of at least 4 members (excludes halogenated alkanes) is 1. The Morgan fingerprint density at radius 2 is 1.74 bits per heavy atom. The lowest BCUT2D eigenvalue weighted by Gasteiger charge is -2.31. The first-order chi connectivity index (χ1) is 18.0. The molecule has 0 aliphatic carbocycles. The number of piperidine rings is 1. The summed E-state index contributed by atoms with van der Waals surface area (Å²) in [6.45, 7) is 4.77. The van der Waals surface area contributed by atoms with Gasteiger partial charge in [0.1, 0.15) is 0 Å². The van der Waals surface area contributed by atoms with Crippen LogP contribution in [0, 0.1) is 0 Å². The molecule has 0 atom stereocenters. The van der Waals surface area contributed by atoms with E-state index in [1.54, 1.807) is 17.3 Å². The number of fused-ring (bicyclic) bond motifs is 1. The number of H-pyrrole nitrogens is 1. The first-order valence-electron chi connectivity index (χ1n) is 13.0. The van der Waals surface area contributed by atoms with Gasteiger partial charge in [-0.05, 0) is 66.5 Å². The van der Waals surface area contributed by atoms with Gasteiger partial charge in [-0.3, -0.25) is 4.79 Å². The summed E-state index contributed by atoms with van der Waals surface area (Å²) >= 11 is 0. The minimum absolute atomic E-state index is 0.0968. The van der Waals surface area contributed by atoms with Crippen LogP contribution in [0.15, 0.2) is 42.6 Å². The molecule has 4 N–H and O–H groups in total. The fourth-order valence-corrected chi connectivity index (χ4v) is 7.33. The van der Waals surface area contributed by atoms with Crippen LogP contribution in [0.4, 0.5) is 0 Å². The van der Waals surface area contributed by atoms with Crippen LogP contribution in [-0.2, 0) is 26.6 Å². The van der Waals surface area contributed by atoms with Crippen molar-refractivity contribution in [3.8, 4) is 11.1 Å². The number of primary amides is 1. The van der Waals surface area contributed by atoms with Crippen LogP contribution in [-0.4, -0.2) is 56.6 Å². The lowest BCUT2D eigenvalue weighted by molar-refractivity contribution is 0.100. The fraction of sp³-hybridized carbons (Fsp3) is 0.444. The molecule has 0 saturated carbocycles. The van der Waals surface area contributed by atoms with Crippen LogP contribution < -0.4 is 10.5 Å². The predicted octanol–water partition coefficient (Wildman–Crippen LogP) is 3.68. The van der Waals surface area contributed by atoms with Crippen LogP contribution in [0.5, 0.6) is 0 Å². The van der Waals surface area contributed by atoms with Crippen molar-refractivity contribution in [3.05, 3.63) is 59.3 Å². The van der Waals surface area contributed by atoms with Crippen LogP contribution in [0.25, 0.3) is 22.0 Å². The molecule has 0 bridgehead atoms. The largest absolute Gasteiger partial charge is 0.366 e. The molecule has 1 fully saturated rings. The van der Waals surface area contributed by atoms with E-state index >= 15 is 0 Å². The standard InChI is InChI=1S/C27H36N4O5S2/c1-3-5-14-37(33,34)30-17-19-6-8-20(9-7-19)22-15-23-25(18-29-26(23)24(16-22)27(28)32)21-10-12-31(13-11-21)38(35,36)4-2/h6-9,15-16,18,21,29-30H,3-5,10-14,17H2,1-2H3,(H2,28,32). The minimum Gasteiger partial charge on any atom is -0.366 e. The van der Waals surface area contributed by atoms with Crippen LogP contribution in [0.3, 0.4) is 0 Å². The summed E-state index contributed by atoms with van der Waals surface area (Å²) in [5.74, 6) is -0.165. The molecule has 38 heavy (non-hydrogen) atoms. The molecule has 3 aromatic rings. The topological polar surface area (TPSA) is 142 Å². The molecule has 206 valence electrons. The molecule has 0 radical (unpaired) electrons. The summed E-state index contributed by atoms with van der Waals surface area (Å²) in [5, 5.41) is 0.904. The van der Waals surface area contributed by atoms with Gasteiger partial charge in [-0.1, -0.05) is 37.6 Å². The van der Waals surface area contributed by atoms with E-state index in [1.807, 2.05) is 43.5 Å². The zero-order valence-corrected chi connectivity index (χ0v) is 23.5. The van der Waals surface area contributed by atoms with Gasteiger partial charge in [0.15, 0.2) is 0 Å².